The van der Waals surface area contributed by atoms with Crippen molar-refractivity contribution >= 4 is 28.6 Å². The van der Waals surface area contributed by atoms with Crippen LogP contribution in [0.2, 0.25) is 5.02 Å². The van der Waals surface area contributed by atoms with Crippen molar-refractivity contribution in [3.8, 4) is 5.75 Å². The second kappa shape index (κ2) is 5.89. The summed E-state index contributed by atoms with van der Waals surface area (Å²) < 4.78 is 5.53. The molecule has 0 saturated heterocycles. The molecule has 0 spiro atoms. The first kappa shape index (κ1) is 12.2. The third kappa shape index (κ3) is 3.35. The Morgan fingerprint density at radius 2 is 2.35 bits per heavy atom. The summed E-state index contributed by atoms with van der Waals surface area (Å²) in [5.74, 6) is 0.821. The Morgan fingerprint density at radius 3 is 3.06 bits per heavy atom. The Labute approximate surface area is 109 Å². The van der Waals surface area contributed by atoms with E-state index in [1.165, 1.54) is 4.88 Å². The van der Waals surface area contributed by atoms with Crippen LogP contribution in [-0.2, 0) is 6.54 Å². The Bertz CT molecular complexity index is 473. The third-order valence-electron chi connectivity index (χ3n) is 2.18. The molecule has 0 atom stereocenters. The van der Waals surface area contributed by atoms with Gasteiger partial charge in [0.2, 0.25) is 0 Å². The van der Waals surface area contributed by atoms with Gasteiger partial charge in [-0.3, -0.25) is 4.98 Å². The summed E-state index contributed by atoms with van der Waals surface area (Å²) >= 11 is 7.59. The molecule has 0 aliphatic heterocycles. The Hall–Kier alpha value is -1.26. The van der Waals surface area contributed by atoms with Crippen molar-refractivity contribution in [2.24, 2.45) is 0 Å². The summed E-state index contributed by atoms with van der Waals surface area (Å²) in [7, 11) is 0. The van der Waals surface area contributed by atoms with Gasteiger partial charge in [0.1, 0.15) is 5.75 Å². The predicted molar refractivity (Wildman–Crippen MR) is 72.1 cm³/mol. The van der Waals surface area contributed by atoms with Crippen LogP contribution in [0.4, 0.5) is 5.69 Å². The largest absolute Gasteiger partial charge is 0.492 e. The van der Waals surface area contributed by atoms with Crippen molar-refractivity contribution in [3.63, 3.8) is 0 Å². The van der Waals surface area contributed by atoms with E-state index in [1.54, 1.807) is 11.3 Å². The highest BCUT2D eigenvalue weighted by atomic mass is 35.5. The topological polar surface area (TPSA) is 34.1 Å². The lowest BCUT2D eigenvalue weighted by Gasteiger charge is -2.11. The van der Waals surface area contributed by atoms with Crippen molar-refractivity contribution in [3.05, 3.63) is 39.8 Å². The number of nitrogens with zero attached hydrogens (tertiary/aromatic N) is 1. The number of benzene rings is 1. The first-order chi connectivity index (χ1) is 8.29. The van der Waals surface area contributed by atoms with Gasteiger partial charge in [-0.25, -0.2) is 0 Å². The Morgan fingerprint density at radius 1 is 1.47 bits per heavy atom. The number of aromatic nitrogens is 1. The molecule has 5 heteroatoms. The molecule has 0 radical (unpaired) electrons. The lowest BCUT2D eigenvalue weighted by Crippen LogP contribution is -2.01. The van der Waals surface area contributed by atoms with E-state index in [1.807, 2.05) is 36.8 Å². The van der Waals surface area contributed by atoms with E-state index in [9.17, 15) is 0 Å². The van der Waals surface area contributed by atoms with E-state index in [4.69, 9.17) is 16.3 Å². The molecule has 1 heterocycles. The van der Waals surface area contributed by atoms with Crippen molar-refractivity contribution < 1.29 is 4.74 Å². The minimum atomic E-state index is 0.636. The lowest BCUT2D eigenvalue weighted by molar-refractivity contribution is 0.341. The Kier molecular flexibility index (Phi) is 4.23. The van der Waals surface area contributed by atoms with E-state index < -0.39 is 0 Å². The Balaban J connectivity index is 2.10. The summed E-state index contributed by atoms with van der Waals surface area (Å²) in [6.45, 7) is 3.32. The van der Waals surface area contributed by atoms with Gasteiger partial charge in [0, 0.05) is 16.1 Å². The van der Waals surface area contributed by atoms with E-state index >= 15 is 0 Å². The fourth-order valence-electron chi connectivity index (χ4n) is 1.43. The highest BCUT2D eigenvalue weighted by Gasteiger charge is 2.04. The predicted octanol–water partition coefficient (Wildman–Crippen LogP) is 3.81. The normalized spacial score (nSPS) is 10.2. The van der Waals surface area contributed by atoms with Gasteiger partial charge in [0.25, 0.3) is 0 Å². The zero-order chi connectivity index (χ0) is 12.1. The third-order valence-corrected chi connectivity index (χ3v) is 3.19. The molecule has 1 N–H and O–H groups in total. The van der Waals surface area contributed by atoms with Crippen LogP contribution in [0.5, 0.6) is 5.75 Å². The van der Waals surface area contributed by atoms with Gasteiger partial charge in [-0.2, -0.15) is 0 Å². The highest BCUT2D eigenvalue weighted by molar-refractivity contribution is 7.09. The molecule has 0 unspecified atom stereocenters. The van der Waals surface area contributed by atoms with Crippen LogP contribution < -0.4 is 10.1 Å². The van der Waals surface area contributed by atoms with E-state index in [0.29, 0.717) is 11.6 Å². The van der Waals surface area contributed by atoms with Crippen LogP contribution >= 0.6 is 22.9 Å². The molecule has 17 heavy (non-hydrogen) atoms. The molecule has 90 valence electrons. The van der Waals surface area contributed by atoms with E-state index in [-0.39, 0.29) is 0 Å². The van der Waals surface area contributed by atoms with Gasteiger partial charge in [-0.15, -0.1) is 11.3 Å². The minimum absolute atomic E-state index is 0.636. The minimum Gasteiger partial charge on any atom is -0.492 e. The molecule has 2 aromatic rings. The molecule has 1 aromatic carbocycles. The smallest absolute Gasteiger partial charge is 0.142 e. The molecular formula is C12H13ClN2OS. The number of halogens is 1. The first-order valence-corrected chi connectivity index (χ1v) is 6.59. The molecule has 3 nitrogen and oxygen atoms in total. The summed E-state index contributed by atoms with van der Waals surface area (Å²) in [5, 5.41) is 4.00. The highest BCUT2D eigenvalue weighted by Crippen LogP contribution is 2.28. The van der Waals surface area contributed by atoms with Crippen molar-refractivity contribution in [1.29, 1.82) is 0 Å². The van der Waals surface area contributed by atoms with Crippen LogP contribution in [0.15, 0.2) is 29.9 Å². The number of thiazole rings is 1. The van der Waals surface area contributed by atoms with Gasteiger partial charge in [0.15, 0.2) is 0 Å². The number of nitrogens with one attached hydrogen (secondary N) is 1. The average Bonchev–Trinajstić information content (AvgIpc) is 2.82. The number of hydrogen-bond donors (Lipinski definition) is 1. The lowest BCUT2D eigenvalue weighted by atomic mass is 10.3. The monoisotopic (exact) mass is 268 g/mol. The fourth-order valence-corrected chi connectivity index (χ4v) is 2.14. The molecular weight excluding hydrogens is 256 g/mol. The van der Waals surface area contributed by atoms with Crippen LogP contribution in [-0.4, -0.2) is 11.6 Å². The first-order valence-electron chi connectivity index (χ1n) is 5.33. The molecule has 0 aliphatic rings. The van der Waals surface area contributed by atoms with Crippen LogP contribution in [0.1, 0.15) is 11.8 Å². The number of hydrogen-bond acceptors (Lipinski definition) is 4. The molecule has 0 amide bonds. The number of anilines is 1. The molecule has 2 rings (SSSR count). The maximum atomic E-state index is 5.97. The second-order valence-electron chi connectivity index (χ2n) is 3.39. The quantitative estimate of drug-likeness (QED) is 0.895. The van der Waals surface area contributed by atoms with Crippen LogP contribution in [0.3, 0.4) is 0 Å². The average molecular weight is 269 g/mol. The van der Waals surface area contributed by atoms with E-state index in [0.717, 1.165) is 18.0 Å². The van der Waals surface area contributed by atoms with Crippen molar-refractivity contribution in [1.82, 2.24) is 4.98 Å². The van der Waals surface area contributed by atoms with Crippen LogP contribution in [0, 0.1) is 0 Å². The van der Waals surface area contributed by atoms with Gasteiger partial charge in [-0.05, 0) is 25.1 Å². The number of rotatable bonds is 5. The molecule has 0 aliphatic carbocycles. The second-order valence-corrected chi connectivity index (χ2v) is 4.80. The molecule has 0 fully saturated rings. The van der Waals surface area contributed by atoms with Gasteiger partial charge < -0.3 is 10.1 Å². The summed E-state index contributed by atoms with van der Waals surface area (Å²) in [4.78, 5) is 5.21. The molecule has 1 aromatic heterocycles. The van der Waals surface area contributed by atoms with Crippen molar-refractivity contribution in [2.45, 2.75) is 13.5 Å². The van der Waals surface area contributed by atoms with Gasteiger partial charge in [0.05, 0.1) is 24.3 Å². The molecule has 0 bridgehead atoms. The fraction of sp³-hybridized carbons (Fsp3) is 0.250. The van der Waals surface area contributed by atoms with E-state index in [2.05, 4.69) is 10.3 Å². The van der Waals surface area contributed by atoms with Gasteiger partial charge in [-0.1, -0.05) is 11.6 Å². The van der Waals surface area contributed by atoms with Crippen molar-refractivity contribution in [2.75, 3.05) is 11.9 Å². The summed E-state index contributed by atoms with van der Waals surface area (Å²) in [6, 6.07) is 5.57. The van der Waals surface area contributed by atoms with Crippen LogP contribution in [0.25, 0.3) is 0 Å². The number of ether oxygens (including phenoxy) is 1. The SMILES string of the molecule is CCOc1ccc(Cl)cc1NCc1cncs1. The zero-order valence-corrected chi connectivity index (χ0v) is 11.0. The zero-order valence-electron chi connectivity index (χ0n) is 9.44. The summed E-state index contributed by atoms with van der Waals surface area (Å²) in [5.41, 5.74) is 2.73. The maximum absolute atomic E-state index is 5.97. The standard InChI is InChI=1S/C12H13ClN2OS/c1-2-16-12-4-3-9(13)5-11(12)15-7-10-6-14-8-17-10/h3-6,8,15H,2,7H2,1H3. The summed E-state index contributed by atoms with van der Waals surface area (Å²) in [6.07, 6.45) is 1.85. The van der Waals surface area contributed by atoms with Gasteiger partial charge >= 0.3 is 0 Å². The maximum Gasteiger partial charge on any atom is 0.142 e. The molecule has 0 saturated carbocycles.